The Kier molecular flexibility index (Phi) is 7.59. The maximum Gasteiger partial charge on any atom is 0.407 e. The van der Waals surface area contributed by atoms with Crippen LogP contribution >= 0.6 is 0 Å². The van der Waals surface area contributed by atoms with E-state index in [1.807, 2.05) is 26.8 Å². The zero-order valence-electron chi connectivity index (χ0n) is 16.9. The van der Waals surface area contributed by atoms with Crippen LogP contribution in [0.15, 0.2) is 18.2 Å². The van der Waals surface area contributed by atoms with Crippen LogP contribution in [0, 0.1) is 0 Å². The van der Waals surface area contributed by atoms with Crippen molar-refractivity contribution >= 4 is 11.8 Å². The average molecular weight is 380 g/mol. The predicted octanol–water partition coefficient (Wildman–Crippen LogP) is 3.04. The summed E-state index contributed by atoms with van der Waals surface area (Å²) in [6.07, 6.45) is 2.60. The number of anilines is 1. The summed E-state index contributed by atoms with van der Waals surface area (Å²) in [5.41, 5.74) is 5.93. The van der Waals surface area contributed by atoms with Gasteiger partial charge in [0, 0.05) is 30.9 Å². The Morgan fingerprint density at radius 2 is 2.11 bits per heavy atom. The van der Waals surface area contributed by atoms with Gasteiger partial charge < -0.3 is 30.2 Å². The van der Waals surface area contributed by atoms with Crippen LogP contribution in [-0.2, 0) is 4.74 Å². The van der Waals surface area contributed by atoms with Crippen LogP contribution in [0.4, 0.5) is 10.5 Å². The summed E-state index contributed by atoms with van der Waals surface area (Å²) in [4.78, 5) is 14.3. The minimum Gasteiger partial charge on any atom is -0.493 e. The van der Waals surface area contributed by atoms with E-state index in [0.717, 1.165) is 38.9 Å². The van der Waals surface area contributed by atoms with E-state index in [2.05, 4.69) is 10.2 Å². The molecule has 0 aliphatic carbocycles. The third kappa shape index (κ3) is 7.54. The molecule has 1 heterocycles. The lowest BCUT2D eigenvalue weighted by Gasteiger charge is -2.33. The largest absolute Gasteiger partial charge is 0.493 e. The normalized spacial score (nSPS) is 18.0. The van der Waals surface area contributed by atoms with Crippen LogP contribution < -0.4 is 20.5 Å². The summed E-state index contributed by atoms with van der Waals surface area (Å²) >= 11 is 0. The molecule has 2 rings (SSSR count). The molecule has 7 nitrogen and oxygen atoms in total. The summed E-state index contributed by atoms with van der Waals surface area (Å²) in [6.45, 7) is 9.01. The van der Waals surface area contributed by atoms with Crippen LogP contribution in [0.1, 0.15) is 40.0 Å². The monoisotopic (exact) mass is 379 g/mol. The van der Waals surface area contributed by atoms with Gasteiger partial charge in [0.05, 0.1) is 13.7 Å². The van der Waals surface area contributed by atoms with Crippen molar-refractivity contribution in [3.05, 3.63) is 18.2 Å². The number of carbonyl (C=O) groups excluding carboxylic acids is 1. The van der Waals surface area contributed by atoms with E-state index in [9.17, 15) is 4.79 Å². The summed E-state index contributed by atoms with van der Waals surface area (Å²) in [5.74, 6) is 1.35. The van der Waals surface area contributed by atoms with Crippen molar-refractivity contribution in [1.82, 2.24) is 10.2 Å². The molecule has 1 amide bonds. The number of rotatable bonds is 7. The average Bonchev–Trinajstić information content (AvgIpc) is 2.58. The van der Waals surface area contributed by atoms with E-state index in [1.54, 1.807) is 19.2 Å². The van der Waals surface area contributed by atoms with E-state index < -0.39 is 5.60 Å². The number of amides is 1. The Bertz CT molecular complexity index is 616. The topological polar surface area (TPSA) is 86.1 Å². The van der Waals surface area contributed by atoms with Crippen molar-refractivity contribution in [2.24, 2.45) is 0 Å². The van der Waals surface area contributed by atoms with Crippen molar-refractivity contribution in [3.8, 4) is 11.5 Å². The number of carbonyl (C=O) groups is 1. The molecule has 0 bridgehead atoms. The smallest absolute Gasteiger partial charge is 0.407 e. The summed E-state index contributed by atoms with van der Waals surface area (Å²) in [5, 5.41) is 2.98. The lowest BCUT2D eigenvalue weighted by atomic mass is 10.1. The number of nitrogens with two attached hydrogens (primary N) is 1. The first-order valence-corrected chi connectivity index (χ1v) is 9.55. The third-order valence-corrected chi connectivity index (χ3v) is 4.29. The van der Waals surface area contributed by atoms with E-state index in [-0.39, 0.29) is 12.1 Å². The van der Waals surface area contributed by atoms with Gasteiger partial charge in [-0.1, -0.05) is 0 Å². The number of hydrogen-bond donors (Lipinski definition) is 2. The van der Waals surface area contributed by atoms with E-state index in [1.165, 1.54) is 0 Å². The van der Waals surface area contributed by atoms with Crippen LogP contribution in [0.3, 0.4) is 0 Å². The van der Waals surface area contributed by atoms with Gasteiger partial charge in [0.2, 0.25) is 0 Å². The van der Waals surface area contributed by atoms with Crippen LogP contribution in [0.2, 0.25) is 0 Å². The first kappa shape index (κ1) is 21.2. The van der Waals surface area contributed by atoms with E-state index in [0.29, 0.717) is 23.8 Å². The van der Waals surface area contributed by atoms with Gasteiger partial charge in [0.1, 0.15) is 5.60 Å². The number of alkyl carbamates (subject to hydrolysis) is 1. The van der Waals surface area contributed by atoms with Crippen LogP contribution in [0.5, 0.6) is 11.5 Å². The lowest BCUT2D eigenvalue weighted by molar-refractivity contribution is 0.0471. The number of nitrogens with one attached hydrogen (secondary N) is 1. The molecule has 0 aromatic heterocycles. The number of hydrogen-bond acceptors (Lipinski definition) is 6. The van der Waals surface area contributed by atoms with Gasteiger partial charge in [-0.05, 0) is 58.7 Å². The predicted molar refractivity (Wildman–Crippen MR) is 106 cm³/mol. The van der Waals surface area contributed by atoms with Crippen molar-refractivity contribution in [2.45, 2.75) is 51.7 Å². The zero-order valence-corrected chi connectivity index (χ0v) is 16.9. The zero-order chi connectivity index (χ0) is 19.9. The molecule has 0 radical (unpaired) electrons. The summed E-state index contributed by atoms with van der Waals surface area (Å²) in [6, 6.07) is 5.52. The third-order valence-electron chi connectivity index (χ3n) is 4.29. The molecule has 1 fully saturated rings. The first-order valence-electron chi connectivity index (χ1n) is 9.55. The van der Waals surface area contributed by atoms with Crippen LogP contribution in [-0.4, -0.2) is 56.0 Å². The van der Waals surface area contributed by atoms with Crippen LogP contribution in [0.25, 0.3) is 0 Å². The fourth-order valence-corrected chi connectivity index (χ4v) is 3.12. The Morgan fingerprint density at radius 1 is 1.33 bits per heavy atom. The highest BCUT2D eigenvalue weighted by Crippen LogP contribution is 2.29. The first-order chi connectivity index (χ1) is 12.8. The Labute approximate surface area is 162 Å². The van der Waals surface area contributed by atoms with Crippen molar-refractivity contribution < 1.29 is 19.0 Å². The number of piperidine rings is 1. The molecule has 1 saturated heterocycles. The maximum absolute atomic E-state index is 11.9. The highest BCUT2D eigenvalue weighted by atomic mass is 16.6. The highest BCUT2D eigenvalue weighted by molar-refractivity contribution is 5.68. The maximum atomic E-state index is 11.9. The van der Waals surface area contributed by atoms with E-state index >= 15 is 0 Å². The van der Waals surface area contributed by atoms with Gasteiger partial charge in [-0.15, -0.1) is 0 Å². The molecule has 27 heavy (non-hydrogen) atoms. The highest BCUT2D eigenvalue weighted by Gasteiger charge is 2.23. The standard InChI is InChI=1S/C20H33N3O4/c1-20(2,3)27-19(24)22-16-7-5-10-23(14-16)11-6-12-26-17-9-8-15(21)13-18(17)25-4/h8-9,13,16H,5-7,10-12,14,21H2,1-4H3,(H,22,24). The second kappa shape index (κ2) is 9.69. The fraction of sp³-hybridized carbons (Fsp3) is 0.650. The summed E-state index contributed by atoms with van der Waals surface area (Å²) < 4.78 is 16.5. The molecule has 1 aromatic carbocycles. The molecule has 1 aromatic rings. The molecule has 1 aliphatic rings. The van der Waals surface area contributed by atoms with Crippen molar-refractivity contribution in [1.29, 1.82) is 0 Å². The molecular weight excluding hydrogens is 346 g/mol. The van der Waals surface area contributed by atoms with Crippen molar-refractivity contribution in [3.63, 3.8) is 0 Å². The molecule has 1 atom stereocenters. The Hall–Kier alpha value is -2.15. The number of benzene rings is 1. The number of nitrogens with zero attached hydrogens (tertiary/aromatic N) is 1. The molecular formula is C20H33N3O4. The number of nitrogen functional groups attached to an aromatic ring is 1. The second-order valence-electron chi connectivity index (χ2n) is 7.90. The lowest BCUT2D eigenvalue weighted by Crippen LogP contribution is -2.49. The molecule has 7 heteroatoms. The van der Waals surface area contributed by atoms with Gasteiger partial charge in [0.25, 0.3) is 0 Å². The minimum atomic E-state index is -0.473. The Balaban J connectivity index is 1.71. The minimum absolute atomic E-state index is 0.131. The molecule has 3 N–H and O–H groups in total. The van der Waals surface area contributed by atoms with Crippen molar-refractivity contribution in [2.75, 3.05) is 39.1 Å². The molecule has 0 spiro atoms. The van der Waals surface area contributed by atoms with Gasteiger partial charge in [-0.2, -0.15) is 0 Å². The van der Waals surface area contributed by atoms with Gasteiger partial charge in [-0.25, -0.2) is 4.79 Å². The fourth-order valence-electron chi connectivity index (χ4n) is 3.12. The number of ether oxygens (including phenoxy) is 3. The van der Waals surface area contributed by atoms with E-state index in [4.69, 9.17) is 19.9 Å². The Morgan fingerprint density at radius 3 is 2.81 bits per heavy atom. The summed E-state index contributed by atoms with van der Waals surface area (Å²) in [7, 11) is 1.60. The molecule has 0 saturated carbocycles. The molecule has 152 valence electrons. The van der Waals surface area contributed by atoms with Gasteiger partial charge in [-0.3, -0.25) is 0 Å². The second-order valence-corrected chi connectivity index (χ2v) is 7.90. The van der Waals surface area contributed by atoms with Gasteiger partial charge >= 0.3 is 6.09 Å². The SMILES string of the molecule is COc1cc(N)ccc1OCCCN1CCCC(NC(=O)OC(C)(C)C)C1. The van der Waals surface area contributed by atoms with Gasteiger partial charge in [0.15, 0.2) is 11.5 Å². The quantitative estimate of drug-likeness (QED) is 0.559. The number of methoxy groups -OCH3 is 1. The number of likely N-dealkylation sites (tertiary alicyclic amines) is 1. The molecule has 1 unspecified atom stereocenters. The molecule has 1 aliphatic heterocycles.